The molecule has 3 heteroatoms. The monoisotopic (exact) mass is 290 g/mol. The number of phenols is 1. The lowest BCUT2D eigenvalue weighted by atomic mass is 10.1. The van der Waals surface area contributed by atoms with Crippen molar-refractivity contribution in [3.05, 3.63) is 35.4 Å². The minimum absolute atomic E-state index is 0.0440. The Morgan fingerprint density at radius 3 is 2.52 bits per heavy atom. The number of phenolic OH excluding ortho intramolecular Hbond substituents is 1. The summed E-state index contributed by atoms with van der Waals surface area (Å²) in [4.78, 5) is 12.0. The van der Waals surface area contributed by atoms with Gasteiger partial charge in [0.05, 0.1) is 6.10 Å². The van der Waals surface area contributed by atoms with Crippen LogP contribution in [0.15, 0.2) is 29.8 Å². The van der Waals surface area contributed by atoms with E-state index in [0.29, 0.717) is 5.57 Å². The molecule has 1 atom stereocenters. The molecule has 1 rings (SSSR count). The Morgan fingerprint density at radius 2 is 1.90 bits per heavy atom. The fourth-order valence-electron chi connectivity index (χ4n) is 2.07. The molecule has 0 radical (unpaired) electrons. The van der Waals surface area contributed by atoms with Gasteiger partial charge in [0, 0.05) is 5.57 Å². The first kappa shape index (κ1) is 17.3. The van der Waals surface area contributed by atoms with Crippen molar-refractivity contribution in [3.8, 4) is 5.75 Å². The summed E-state index contributed by atoms with van der Waals surface area (Å²) in [6.45, 7) is 5.87. The van der Waals surface area contributed by atoms with E-state index in [1.54, 1.807) is 37.3 Å². The Morgan fingerprint density at radius 1 is 1.24 bits per heavy atom. The summed E-state index contributed by atoms with van der Waals surface area (Å²) in [6, 6.07) is 6.72. The van der Waals surface area contributed by atoms with Gasteiger partial charge < -0.3 is 9.84 Å². The highest BCUT2D eigenvalue weighted by molar-refractivity contribution is 5.93. The van der Waals surface area contributed by atoms with Crippen LogP contribution in [0.3, 0.4) is 0 Å². The number of hydrogen-bond acceptors (Lipinski definition) is 3. The lowest BCUT2D eigenvalue weighted by Gasteiger charge is -2.13. The van der Waals surface area contributed by atoms with E-state index in [0.717, 1.165) is 18.4 Å². The van der Waals surface area contributed by atoms with Crippen molar-refractivity contribution in [2.45, 2.75) is 59.0 Å². The molecule has 1 unspecified atom stereocenters. The van der Waals surface area contributed by atoms with Gasteiger partial charge in [-0.3, -0.25) is 0 Å². The van der Waals surface area contributed by atoms with Gasteiger partial charge in [-0.2, -0.15) is 0 Å². The second kappa shape index (κ2) is 9.22. The van der Waals surface area contributed by atoms with Gasteiger partial charge in [-0.25, -0.2) is 4.79 Å². The summed E-state index contributed by atoms with van der Waals surface area (Å²) >= 11 is 0. The predicted molar refractivity (Wildman–Crippen MR) is 86.1 cm³/mol. The summed E-state index contributed by atoms with van der Waals surface area (Å²) in [5.41, 5.74) is 1.44. The summed E-state index contributed by atoms with van der Waals surface area (Å²) in [5, 5.41) is 9.23. The molecule has 0 saturated carbocycles. The molecule has 0 amide bonds. The highest BCUT2D eigenvalue weighted by Gasteiger charge is 2.11. The molecule has 0 aliphatic rings. The molecular weight excluding hydrogens is 264 g/mol. The Kier molecular flexibility index (Phi) is 7.59. The third-order valence-electron chi connectivity index (χ3n) is 3.37. The van der Waals surface area contributed by atoms with Crippen LogP contribution in [0.4, 0.5) is 0 Å². The molecule has 0 heterocycles. The second-order valence-corrected chi connectivity index (χ2v) is 5.48. The number of ether oxygens (including phenoxy) is 1. The molecule has 1 aromatic rings. The highest BCUT2D eigenvalue weighted by atomic mass is 16.5. The number of esters is 1. The maximum absolute atomic E-state index is 12.0. The Hall–Kier alpha value is -1.77. The largest absolute Gasteiger partial charge is 0.508 e. The van der Waals surface area contributed by atoms with Gasteiger partial charge >= 0.3 is 5.97 Å². The van der Waals surface area contributed by atoms with Crippen molar-refractivity contribution in [2.24, 2.45) is 0 Å². The SMILES string of the molecule is CCCCCCC(C)OC(=O)/C(C)=C/c1ccc(O)cc1. The average molecular weight is 290 g/mol. The maximum atomic E-state index is 12.0. The van der Waals surface area contributed by atoms with Crippen LogP contribution in [-0.2, 0) is 9.53 Å². The van der Waals surface area contributed by atoms with Crippen molar-refractivity contribution in [1.82, 2.24) is 0 Å². The van der Waals surface area contributed by atoms with Crippen LogP contribution in [0.25, 0.3) is 6.08 Å². The predicted octanol–water partition coefficient (Wildman–Crippen LogP) is 4.70. The lowest BCUT2D eigenvalue weighted by Crippen LogP contribution is -2.15. The van der Waals surface area contributed by atoms with E-state index in [4.69, 9.17) is 4.74 Å². The molecular formula is C18H26O3. The van der Waals surface area contributed by atoms with Gasteiger partial charge in [0.2, 0.25) is 0 Å². The van der Waals surface area contributed by atoms with Crippen molar-refractivity contribution in [1.29, 1.82) is 0 Å². The Balaban J connectivity index is 2.44. The number of hydrogen-bond donors (Lipinski definition) is 1. The molecule has 0 aliphatic heterocycles. The third kappa shape index (κ3) is 6.98. The van der Waals surface area contributed by atoms with E-state index in [1.807, 2.05) is 6.92 Å². The van der Waals surface area contributed by atoms with Crippen LogP contribution in [-0.4, -0.2) is 17.2 Å². The van der Waals surface area contributed by atoms with Crippen molar-refractivity contribution >= 4 is 12.0 Å². The van der Waals surface area contributed by atoms with E-state index in [9.17, 15) is 9.90 Å². The van der Waals surface area contributed by atoms with Crippen molar-refractivity contribution < 1.29 is 14.6 Å². The highest BCUT2D eigenvalue weighted by Crippen LogP contribution is 2.14. The molecule has 0 aromatic heterocycles. The fraction of sp³-hybridized carbons (Fsp3) is 0.500. The van der Waals surface area contributed by atoms with Crippen LogP contribution in [0, 0.1) is 0 Å². The number of aromatic hydroxyl groups is 1. The van der Waals surface area contributed by atoms with E-state index in [2.05, 4.69) is 6.92 Å². The number of unbranched alkanes of at least 4 members (excludes halogenated alkanes) is 3. The maximum Gasteiger partial charge on any atom is 0.333 e. The fourth-order valence-corrected chi connectivity index (χ4v) is 2.07. The van der Waals surface area contributed by atoms with E-state index in [1.165, 1.54) is 19.3 Å². The van der Waals surface area contributed by atoms with Gasteiger partial charge in [0.25, 0.3) is 0 Å². The topological polar surface area (TPSA) is 46.5 Å². The van der Waals surface area contributed by atoms with Gasteiger partial charge in [0.15, 0.2) is 0 Å². The van der Waals surface area contributed by atoms with Gasteiger partial charge in [-0.1, -0.05) is 38.3 Å². The van der Waals surface area contributed by atoms with E-state index in [-0.39, 0.29) is 17.8 Å². The number of benzene rings is 1. The van der Waals surface area contributed by atoms with Gasteiger partial charge in [0.1, 0.15) is 5.75 Å². The van der Waals surface area contributed by atoms with Gasteiger partial charge in [-0.05, 0) is 50.5 Å². The first-order valence-electron chi connectivity index (χ1n) is 7.71. The second-order valence-electron chi connectivity index (χ2n) is 5.48. The zero-order chi connectivity index (χ0) is 15.7. The summed E-state index contributed by atoms with van der Waals surface area (Å²) in [7, 11) is 0. The number of rotatable bonds is 8. The summed E-state index contributed by atoms with van der Waals surface area (Å²) in [6.07, 6.45) is 7.38. The quantitative estimate of drug-likeness (QED) is 0.429. The first-order valence-corrected chi connectivity index (χ1v) is 7.71. The molecule has 0 saturated heterocycles. The van der Waals surface area contributed by atoms with Gasteiger partial charge in [-0.15, -0.1) is 0 Å². The number of carbonyl (C=O) groups excluding carboxylic acids is 1. The summed E-state index contributed by atoms with van der Waals surface area (Å²) in [5.74, 6) is -0.0563. The Labute approximate surface area is 127 Å². The molecule has 116 valence electrons. The average Bonchev–Trinajstić information content (AvgIpc) is 2.46. The van der Waals surface area contributed by atoms with Crippen LogP contribution in [0.1, 0.15) is 58.4 Å². The summed E-state index contributed by atoms with van der Waals surface area (Å²) < 4.78 is 5.43. The molecule has 1 aromatic carbocycles. The normalized spacial score (nSPS) is 13.0. The molecule has 0 fully saturated rings. The van der Waals surface area contributed by atoms with Crippen LogP contribution >= 0.6 is 0 Å². The molecule has 0 bridgehead atoms. The lowest BCUT2D eigenvalue weighted by molar-refractivity contribution is -0.143. The molecule has 1 N–H and O–H groups in total. The molecule has 3 nitrogen and oxygen atoms in total. The van der Waals surface area contributed by atoms with Crippen LogP contribution in [0.2, 0.25) is 0 Å². The molecule has 0 aliphatic carbocycles. The Bertz CT molecular complexity index is 460. The minimum Gasteiger partial charge on any atom is -0.508 e. The minimum atomic E-state index is -0.272. The van der Waals surface area contributed by atoms with Crippen molar-refractivity contribution in [2.75, 3.05) is 0 Å². The zero-order valence-corrected chi connectivity index (χ0v) is 13.3. The van der Waals surface area contributed by atoms with E-state index >= 15 is 0 Å². The first-order chi connectivity index (χ1) is 10.0. The smallest absolute Gasteiger partial charge is 0.333 e. The van der Waals surface area contributed by atoms with E-state index < -0.39 is 0 Å². The zero-order valence-electron chi connectivity index (χ0n) is 13.3. The van der Waals surface area contributed by atoms with Crippen LogP contribution < -0.4 is 0 Å². The molecule has 0 spiro atoms. The van der Waals surface area contributed by atoms with Crippen molar-refractivity contribution in [3.63, 3.8) is 0 Å². The molecule has 21 heavy (non-hydrogen) atoms. The standard InChI is InChI=1S/C18H26O3/c1-4-5-6-7-8-15(3)21-18(20)14(2)13-16-9-11-17(19)12-10-16/h9-13,15,19H,4-8H2,1-3H3/b14-13+. The third-order valence-corrected chi connectivity index (χ3v) is 3.37. The van der Waals surface area contributed by atoms with Crippen LogP contribution in [0.5, 0.6) is 5.75 Å². The number of carbonyl (C=O) groups is 1.